The van der Waals surface area contributed by atoms with Crippen molar-refractivity contribution in [1.82, 2.24) is 9.97 Å². The molecule has 1 atom stereocenters. The van der Waals surface area contributed by atoms with Crippen LogP contribution in [0.3, 0.4) is 0 Å². The van der Waals surface area contributed by atoms with Gasteiger partial charge in [0.25, 0.3) is 0 Å². The van der Waals surface area contributed by atoms with Crippen LogP contribution in [-0.4, -0.2) is 15.8 Å². The first-order chi connectivity index (χ1) is 13.5. The van der Waals surface area contributed by atoms with Crippen molar-refractivity contribution in [2.24, 2.45) is 5.92 Å². The molecule has 1 aromatic heterocycles. The van der Waals surface area contributed by atoms with Gasteiger partial charge < -0.3 is 10.6 Å². The molecule has 3 aromatic rings. The maximum atomic E-state index is 12.7. The zero-order chi connectivity index (χ0) is 19.7. The first kappa shape index (κ1) is 18.7. The van der Waals surface area contributed by atoms with Crippen molar-refractivity contribution in [2.75, 3.05) is 10.6 Å². The van der Waals surface area contributed by atoms with Crippen molar-refractivity contribution >= 4 is 52.1 Å². The molecule has 2 aromatic carbocycles. The number of carbonyl (C=O) groups is 1. The highest BCUT2D eigenvalue weighted by Crippen LogP contribution is 2.32. The lowest BCUT2D eigenvalue weighted by Crippen LogP contribution is -2.22. The molecule has 5 nitrogen and oxygen atoms in total. The largest absolute Gasteiger partial charge is 0.339 e. The van der Waals surface area contributed by atoms with E-state index in [-0.39, 0.29) is 11.7 Å². The zero-order valence-electron chi connectivity index (χ0n) is 15.2. The predicted molar refractivity (Wildman–Crippen MR) is 113 cm³/mol. The van der Waals surface area contributed by atoms with Crippen molar-refractivity contribution in [2.45, 2.75) is 19.8 Å². The Bertz CT molecular complexity index is 1040. The molecule has 0 fully saturated rings. The van der Waals surface area contributed by atoms with Gasteiger partial charge >= 0.3 is 0 Å². The van der Waals surface area contributed by atoms with E-state index in [1.54, 1.807) is 24.3 Å². The number of halogens is 2. The number of aromatic nitrogens is 2. The number of ketones is 1. The molecule has 0 saturated carbocycles. The van der Waals surface area contributed by atoms with E-state index in [0.717, 1.165) is 23.5 Å². The fourth-order valence-corrected chi connectivity index (χ4v) is 3.60. The number of benzene rings is 2. The van der Waals surface area contributed by atoms with Gasteiger partial charge in [0.2, 0.25) is 5.95 Å². The summed E-state index contributed by atoms with van der Waals surface area (Å²) in [5, 5.41) is 7.68. The van der Waals surface area contributed by atoms with Crippen LogP contribution in [0.5, 0.6) is 0 Å². The Balaban J connectivity index is 1.74. The van der Waals surface area contributed by atoms with E-state index >= 15 is 0 Å². The van der Waals surface area contributed by atoms with Gasteiger partial charge in [-0.1, -0.05) is 36.2 Å². The minimum absolute atomic E-state index is 0.0521. The van der Waals surface area contributed by atoms with Crippen LogP contribution in [0.25, 0.3) is 0 Å². The van der Waals surface area contributed by atoms with Crippen molar-refractivity contribution in [3.63, 3.8) is 0 Å². The Kier molecular flexibility index (Phi) is 5.20. The lowest BCUT2D eigenvalue weighted by molar-refractivity contribution is 0.0953. The average Bonchev–Trinajstić information content (AvgIpc) is 2.63. The molecule has 7 heteroatoms. The van der Waals surface area contributed by atoms with Crippen LogP contribution in [0.2, 0.25) is 10.0 Å². The number of fused-ring (bicyclic) bond motifs is 1. The van der Waals surface area contributed by atoms with Crippen molar-refractivity contribution in [3.05, 3.63) is 69.8 Å². The zero-order valence-corrected chi connectivity index (χ0v) is 16.7. The molecule has 0 amide bonds. The van der Waals surface area contributed by atoms with E-state index < -0.39 is 0 Å². The summed E-state index contributed by atoms with van der Waals surface area (Å²) in [6.45, 7) is 2.05. The molecule has 1 heterocycles. The third-order valence-corrected chi connectivity index (χ3v) is 5.01. The van der Waals surface area contributed by atoms with Crippen LogP contribution in [0.4, 0.5) is 23.1 Å². The van der Waals surface area contributed by atoms with E-state index in [2.05, 4.69) is 27.5 Å². The average molecular weight is 413 g/mol. The molecular weight excluding hydrogens is 395 g/mol. The number of nitrogens with one attached hydrogen (secondary N) is 2. The molecule has 1 aliphatic carbocycles. The third-order valence-electron chi connectivity index (χ3n) is 4.53. The van der Waals surface area contributed by atoms with Gasteiger partial charge in [0.05, 0.1) is 11.3 Å². The number of nitrogens with zero attached hydrogens (tertiary/aromatic N) is 2. The normalized spacial score (nSPS) is 15.8. The summed E-state index contributed by atoms with van der Waals surface area (Å²) in [7, 11) is 0. The molecule has 0 spiro atoms. The van der Waals surface area contributed by atoms with Gasteiger partial charge in [-0.15, -0.1) is 0 Å². The molecule has 1 unspecified atom stereocenters. The summed E-state index contributed by atoms with van der Waals surface area (Å²) in [6.07, 6.45) is 1.22. The Hall–Kier alpha value is -2.63. The molecule has 0 aliphatic heterocycles. The van der Waals surface area contributed by atoms with Crippen molar-refractivity contribution in [1.29, 1.82) is 0 Å². The van der Waals surface area contributed by atoms with E-state index in [1.807, 2.05) is 24.3 Å². The van der Waals surface area contributed by atoms with E-state index in [4.69, 9.17) is 23.2 Å². The van der Waals surface area contributed by atoms with E-state index in [1.165, 1.54) is 0 Å². The van der Waals surface area contributed by atoms with Crippen LogP contribution in [0, 0.1) is 5.92 Å². The fourth-order valence-electron chi connectivity index (χ4n) is 3.28. The monoisotopic (exact) mass is 412 g/mol. The summed E-state index contributed by atoms with van der Waals surface area (Å²) in [6, 6.07) is 14.6. The molecule has 28 heavy (non-hydrogen) atoms. The Morgan fingerprint density at radius 3 is 2.46 bits per heavy atom. The first-order valence-electron chi connectivity index (χ1n) is 8.97. The minimum Gasteiger partial charge on any atom is -0.339 e. The van der Waals surface area contributed by atoms with Gasteiger partial charge in [0.15, 0.2) is 5.78 Å². The molecule has 2 N–H and O–H groups in total. The highest BCUT2D eigenvalue weighted by molar-refractivity contribution is 6.31. The van der Waals surface area contributed by atoms with Crippen LogP contribution >= 0.6 is 23.2 Å². The molecule has 0 saturated heterocycles. The topological polar surface area (TPSA) is 66.9 Å². The van der Waals surface area contributed by atoms with Gasteiger partial charge in [-0.25, -0.2) is 4.98 Å². The summed E-state index contributed by atoms with van der Waals surface area (Å²) < 4.78 is 0. The van der Waals surface area contributed by atoms with Crippen LogP contribution in [0.1, 0.15) is 29.4 Å². The fraction of sp³-hybridized carbons (Fsp3) is 0.190. The highest BCUT2D eigenvalue weighted by atomic mass is 35.5. The Morgan fingerprint density at radius 1 is 0.929 bits per heavy atom. The first-order valence-corrected chi connectivity index (χ1v) is 9.73. The smallest absolute Gasteiger partial charge is 0.229 e. The van der Waals surface area contributed by atoms with Gasteiger partial charge in [-0.2, -0.15) is 4.98 Å². The van der Waals surface area contributed by atoms with Crippen molar-refractivity contribution in [3.8, 4) is 0 Å². The second-order valence-electron chi connectivity index (χ2n) is 6.92. The molecule has 4 rings (SSSR count). The maximum Gasteiger partial charge on any atom is 0.229 e. The maximum absolute atomic E-state index is 12.7. The van der Waals surface area contributed by atoms with Crippen LogP contribution < -0.4 is 10.6 Å². The Morgan fingerprint density at radius 2 is 1.71 bits per heavy atom. The number of carbonyl (C=O) groups excluding carboxylic acids is 1. The third kappa shape index (κ3) is 4.11. The SMILES string of the molecule is CC1CC(=O)c2c(nc(Nc3ccc(Cl)cc3)nc2Nc2cccc(Cl)c2)C1. The molecular formula is C21H18Cl2N4O. The second kappa shape index (κ2) is 7.78. The second-order valence-corrected chi connectivity index (χ2v) is 7.79. The van der Waals surface area contributed by atoms with Gasteiger partial charge in [-0.05, 0) is 54.8 Å². The summed E-state index contributed by atoms with van der Waals surface area (Å²) >= 11 is 12.0. The number of hydrogen-bond donors (Lipinski definition) is 2. The number of anilines is 4. The number of hydrogen-bond acceptors (Lipinski definition) is 5. The molecule has 1 aliphatic rings. The van der Waals surface area contributed by atoms with Gasteiger partial charge in [-0.3, -0.25) is 4.79 Å². The van der Waals surface area contributed by atoms with Gasteiger partial charge in [0.1, 0.15) is 5.82 Å². The highest BCUT2D eigenvalue weighted by Gasteiger charge is 2.28. The minimum atomic E-state index is 0.0521. The molecule has 0 bridgehead atoms. The summed E-state index contributed by atoms with van der Waals surface area (Å²) in [4.78, 5) is 21.9. The summed E-state index contributed by atoms with van der Waals surface area (Å²) in [5.41, 5.74) is 2.88. The number of rotatable bonds is 4. The quantitative estimate of drug-likeness (QED) is 0.546. The van der Waals surface area contributed by atoms with Crippen LogP contribution in [0.15, 0.2) is 48.5 Å². The Labute approximate surface area is 173 Å². The van der Waals surface area contributed by atoms with Gasteiger partial charge in [0, 0.05) is 27.8 Å². The predicted octanol–water partition coefficient (Wildman–Crippen LogP) is 6.04. The summed E-state index contributed by atoms with van der Waals surface area (Å²) in [5.74, 6) is 1.21. The van der Waals surface area contributed by atoms with Crippen LogP contribution in [-0.2, 0) is 6.42 Å². The lowest BCUT2D eigenvalue weighted by Gasteiger charge is -2.23. The van der Waals surface area contributed by atoms with E-state index in [9.17, 15) is 4.79 Å². The molecule has 142 valence electrons. The van der Waals surface area contributed by atoms with E-state index in [0.29, 0.717) is 33.8 Å². The lowest BCUT2D eigenvalue weighted by atomic mass is 9.87. The van der Waals surface area contributed by atoms with Crippen molar-refractivity contribution < 1.29 is 4.79 Å². The standard InChI is InChI=1S/C21H18Cl2N4O/c1-12-9-17-19(18(28)10-12)20(24-16-4-2-3-14(23)11-16)27-21(26-17)25-15-7-5-13(22)6-8-15/h2-8,11-12H,9-10H2,1H3,(H2,24,25,26,27). The number of Topliss-reactive ketones (excluding diaryl/α,β-unsaturated/α-hetero) is 1. The molecule has 0 radical (unpaired) electrons.